The number of hydrogen-bond donors (Lipinski definition) is 2. The number of hydrogen-bond acceptors (Lipinski definition) is 3. The molecule has 0 amide bonds. The van der Waals surface area contributed by atoms with Gasteiger partial charge in [0.25, 0.3) is 0 Å². The predicted octanol–water partition coefficient (Wildman–Crippen LogP) is 2.51. The number of nitrogens with zero attached hydrogens (tertiary/aromatic N) is 1. The van der Waals surface area contributed by atoms with Crippen LogP contribution in [-0.2, 0) is 0 Å². The van der Waals surface area contributed by atoms with Crippen LogP contribution in [0.2, 0.25) is 0 Å². The van der Waals surface area contributed by atoms with Crippen molar-refractivity contribution in [2.24, 2.45) is 0 Å². The van der Waals surface area contributed by atoms with E-state index in [9.17, 15) is 10.2 Å². The van der Waals surface area contributed by atoms with Crippen molar-refractivity contribution in [3.63, 3.8) is 0 Å². The molecule has 2 rings (SSSR count). The van der Waals surface area contributed by atoms with Crippen molar-refractivity contribution in [3.05, 3.63) is 29.6 Å². The van der Waals surface area contributed by atoms with E-state index in [-0.39, 0.29) is 0 Å². The van der Waals surface area contributed by atoms with Crippen molar-refractivity contribution in [2.75, 3.05) is 0 Å². The second-order valence-electron chi connectivity index (χ2n) is 5.15. The standard InChI is InChI=1S/C14H21NO2/c1-11-6-7-12(10-15-11)13(16)14(17)8-4-2-3-5-9-14/h6-7,10,13,16-17H,2-5,8-9H2,1H3. The van der Waals surface area contributed by atoms with Crippen LogP contribution >= 0.6 is 0 Å². The van der Waals surface area contributed by atoms with Crippen molar-refractivity contribution in [2.45, 2.75) is 57.2 Å². The van der Waals surface area contributed by atoms with Gasteiger partial charge in [-0.25, -0.2) is 0 Å². The van der Waals surface area contributed by atoms with Crippen LogP contribution in [0.4, 0.5) is 0 Å². The third-order valence-electron chi connectivity index (χ3n) is 3.73. The second-order valence-corrected chi connectivity index (χ2v) is 5.15. The fourth-order valence-corrected chi connectivity index (χ4v) is 2.57. The molecule has 94 valence electrons. The number of aliphatic hydroxyl groups is 2. The zero-order valence-corrected chi connectivity index (χ0v) is 10.4. The van der Waals surface area contributed by atoms with Gasteiger partial charge in [-0.05, 0) is 25.8 Å². The van der Waals surface area contributed by atoms with E-state index in [1.165, 1.54) is 0 Å². The zero-order valence-electron chi connectivity index (χ0n) is 10.4. The summed E-state index contributed by atoms with van der Waals surface area (Å²) in [6, 6.07) is 3.73. The quantitative estimate of drug-likeness (QED) is 0.774. The molecule has 0 aliphatic heterocycles. The molecule has 0 aromatic carbocycles. The lowest BCUT2D eigenvalue weighted by atomic mass is 9.85. The summed E-state index contributed by atoms with van der Waals surface area (Å²) in [5, 5.41) is 20.9. The van der Waals surface area contributed by atoms with Gasteiger partial charge in [0.05, 0.1) is 5.60 Å². The van der Waals surface area contributed by atoms with E-state index in [1.54, 1.807) is 6.20 Å². The lowest BCUT2D eigenvalue weighted by Gasteiger charge is -2.32. The van der Waals surface area contributed by atoms with Crippen LogP contribution in [0.15, 0.2) is 18.3 Å². The fraction of sp³-hybridized carbons (Fsp3) is 0.643. The first-order valence-corrected chi connectivity index (χ1v) is 6.45. The van der Waals surface area contributed by atoms with Gasteiger partial charge in [-0.2, -0.15) is 0 Å². The molecule has 1 aromatic heterocycles. The van der Waals surface area contributed by atoms with Crippen LogP contribution in [0.25, 0.3) is 0 Å². The van der Waals surface area contributed by atoms with E-state index < -0.39 is 11.7 Å². The molecule has 1 aliphatic rings. The minimum absolute atomic E-state index is 0.683. The molecule has 1 atom stereocenters. The van der Waals surface area contributed by atoms with E-state index in [0.717, 1.165) is 36.9 Å². The Kier molecular flexibility index (Phi) is 3.79. The zero-order chi connectivity index (χ0) is 12.3. The molecule has 0 spiro atoms. The molecule has 0 saturated heterocycles. The summed E-state index contributed by atoms with van der Waals surface area (Å²) in [7, 11) is 0. The van der Waals surface area contributed by atoms with Gasteiger partial charge in [0.1, 0.15) is 6.10 Å². The molecule has 1 saturated carbocycles. The summed E-state index contributed by atoms with van der Waals surface area (Å²) in [4.78, 5) is 4.18. The van der Waals surface area contributed by atoms with Gasteiger partial charge in [0, 0.05) is 17.5 Å². The molecule has 1 unspecified atom stereocenters. The SMILES string of the molecule is Cc1ccc(C(O)C2(O)CCCCCC2)cn1. The van der Waals surface area contributed by atoms with Gasteiger partial charge in [-0.3, -0.25) is 4.98 Å². The summed E-state index contributed by atoms with van der Waals surface area (Å²) >= 11 is 0. The third-order valence-corrected chi connectivity index (χ3v) is 3.73. The highest BCUT2D eigenvalue weighted by molar-refractivity contribution is 5.19. The molecule has 1 aliphatic carbocycles. The maximum absolute atomic E-state index is 10.6. The Morgan fingerprint density at radius 1 is 1.18 bits per heavy atom. The van der Waals surface area contributed by atoms with E-state index in [4.69, 9.17) is 0 Å². The molecular formula is C14H21NO2. The van der Waals surface area contributed by atoms with Crippen LogP contribution in [0.1, 0.15) is 55.9 Å². The van der Waals surface area contributed by atoms with Crippen molar-refractivity contribution in [1.29, 1.82) is 0 Å². The van der Waals surface area contributed by atoms with Gasteiger partial charge in [-0.1, -0.05) is 31.7 Å². The van der Waals surface area contributed by atoms with Crippen LogP contribution < -0.4 is 0 Å². The maximum atomic E-state index is 10.6. The molecule has 1 aromatic rings. The minimum atomic E-state index is -0.965. The average Bonchev–Trinajstić information content (AvgIpc) is 2.55. The summed E-state index contributed by atoms with van der Waals surface area (Å²) in [5.41, 5.74) is 0.682. The van der Waals surface area contributed by atoms with Gasteiger partial charge in [-0.15, -0.1) is 0 Å². The lowest BCUT2D eigenvalue weighted by Crippen LogP contribution is -2.35. The highest BCUT2D eigenvalue weighted by Crippen LogP contribution is 2.37. The largest absolute Gasteiger partial charge is 0.387 e. The van der Waals surface area contributed by atoms with E-state index in [1.807, 2.05) is 19.1 Å². The summed E-state index contributed by atoms with van der Waals surface area (Å²) in [6.45, 7) is 1.91. The molecular weight excluding hydrogens is 214 g/mol. The van der Waals surface area contributed by atoms with Crippen molar-refractivity contribution >= 4 is 0 Å². The Morgan fingerprint density at radius 2 is 1.82 bits per heavy atom. The second kappa shape index (κ2) is 5.15. The Labute approximate surface area is 103 Å². The molecule has 3 nitrogen and oxygen atoms in total. The first-order chi connectivity index (χ1) is 8.12. The van der Waals surface area contributed by atoms with Crippen LogP contribution in [0, 0.1) is 6.92 Å². The smallest absolute Gasteiger partial charge is 0.109 e. The third kappa shape index (κ3) is 2.85. The molecule has 0 bridgehead atoms. The minimum Gasteiger partial charge on any atom is -0.387 e. The first-order valence-electron chi connectivity index (χ1n) is 6.45. The van der Waals surface area contributed by atoms with E-state index in [2.05, 4.69) is 4.98 Å². The number of aryl methyl sites for hydroxylation is 1. The van der Waals surface area contributed by atoms with Crippen LogP contribution in [-0.4, -0.2) is 20.8 Å². The van der Waals surface area contributed by atoms with Crippen molar-refractivity contribution in [3.8, 4) is 0 Å². The summed E-state index contributed by atoms with van der Waals surface area (Å²) in [5.74, 6) is 0. The van der Waals surface area contributed by atoms with Crippen LogP contribution in [0.3, 0.4) is 0 Å². The Morgan fingerprint density at radius 3 is 2.35 bits per heavy atom. The molecule has 2 N–H and O–H groups in total. The maximum Gasteiger partial charge on any atom is 0.109 e. The number of aromatic nitrogens is 1. The monoisotopic (exact) mass is 235 g/mol. The van der Waals surface area contributed by atoms with Gasteiger partial charge >= 0.3 is 0 Å². The highest BCUT2D eigenvalue weighted by Gasteiger charge is 2.36. The summed E-state index contributed by atoms with van der Waals surface area (Å²) < 4.78 is 0. The van der Waals surface area contributed by atoms with Gasteiger partial charge in [0.15, 0.2) is 0 Å². The van der Waals surface area contributed by atoms with Crippen LogP contribution in [0.5, 0.6) is 0 Å². The Bertz CT molecular complexity index is 353. The number of aliphatic hydroxyl groups excluding tert-OH is 1. The van der Waals surface area contributed by atoms with Crippen molar-refractivity contribution in [1.82, 2.24) is 4.98 Å². The topological polar surface area (TPSA) is 53.4 Å². The molecule has 1 heterocycles. The van der Waals surface area contributed by atoms with E-state index in [0.29, 0.717) is 12.8 Å². The predicted molar refractivity (Wildman–Crippen MR) is 66.6 cm³/mol. The van der Waals surface area contributed by atoms with Gasteiger partial charge in [0.2, 0.25) is 0 Å². The van der Waals surface area contributed by atoms with E-state index >= 15 is 0 Å². The molecule has 1 fully saturated rings. The van der Waals surface area contributed by atoms with Crippen molar-refractivity contribution < 1.29 is 10.2 Å². The molecule has 3 heteroatoms. The van der Waals surface area contributed by atoms with Gasteiger partial charge < -0.3 is 10.2 Å². The molecule has 0 radical (unpaired) electrons. The Balaban J connectivity index is 2.16. The number of rotatable bonds is 2. The number of pyridine rings is 1. The summed E-state index contributed by atoms with van der Waals surface area (Å²) in [6.07, 6.45) is 6.52. The fourth-order valence-electron chi connectivity index (χ4n) is 2.57. The molecule has 17 heavy (non-hydrogen) atoms. The average molecular weight is 235 g/mol. The Hall–Kier alpha value is -0.930. The lowest BCUT2D eigenvalue weighted by molar-refractivity contribution is -0.0868. The highest BCUT2D eigenvalue weighted by atomic mass is 16.3. The first kappa shape index (κ1) is 12.5. The normalized spacial score (nSPS) is 21.8.